The number of hydrogen-bond donors (Lipinski definition) is 1. The molecule has 1 unspecified atom stereocenters. The quantitative estimate of drug-likeness (QED) is 0.669. The topological polar surface area (TPSA) is 60.3 Å². The summed E-state index contributed by atoms with van der Waals surface area (Å²) in [4.78, 5) is 25.8. The SMILES string of the molecule is C#Cc1cccc2cc(C(C)NC(=O)OC(C)(C)C)n(-c3ccccc3)c(=O)c12. The number of benzene rings is 2. The molecule has 0 aliphatic rings. The van der Waals surface area contributed by atoms with Crippen molar-refractivity contribution < 1.29 is 9.53 Å². The number of rotatable bonds is 3. The fraction of sp³-hybridized carbons (Fsp3) is 0.250. The highest BCUT2D eigenvalue weighted by Gasteiger charge is 2.22. The first-order valence-electron chi connectivity index (χ1n) is 9.41. The van der Waals surface area contributed by atoms with Crippen molar-refractivity contribution in [1.82, 2.24) is 9.88 Å². The molecule has 3 aromatic rings. The largest absolute Gasteiger partial charge is 0.444 e. The minimum Gasteiger partial charge on any atom is -0.444 e. The van der Waals surface area contributed by atoms with Crippen molar-refractivity contribution in [3.05, 3.63) is 76.2 Å². The van der Waals surface area contributed by atoms with Gasteiger partial charge in [-0.1, -0.05) is 36.3 Å². The molecule has 29 heavy (non-hydrogen) atoms. The van der Waals surface area contributed by atoms with Crippen LogP contribution in [-0.4, -0.2) is 16.3 Å². The van der Waals surface area contributed by atoms with Gasteiger partial charge < -0.3 is 10.1 Å². The van der Waals surface area contributed by atoms with Crippen molar-refractivity contribution in [2.45, 2.75) is 39.3 Å². The lowest BCUT2D eigenvalue weighted by atomic mass is 10.0. The van der Waals surface area contributed by atoms with Gasteiger partial charge in [0.2, 0.25) is 0 Å². The standard InChI is InChI=1S/C24H24N2O3/c1-6-17-11-10-12-18-15-20(16(2)25-23(28)29-24(3,4)5)26(22(27)21(17)18)19-13-8-7-9-14-19/h1,7-16H,2-5H3,(H,25,28). The number of fused-ring (bicyclic) bond motifs is 1. The van der Waals surface area contributed by atoms with E-state index in [0.29, 0.717) is 22.3 Å². The summed E-state index contributed by atoms with van der Waals surface area (Å²) in [6.07, 6.45) is 5.08. The van der Waals surface area contributed by atoms with Crippen LogP contribution in [0.25, 0.3) is 16.5 Å². The number of carbonyl (C=O) groups is 1. The molecule has 0 saturated carbocycles. The van der Waals surface area contributed by atoms with Crippen LogP contribution in [0.1, 0.15) is 45.0 Å². The van der Waals surface area contributed by atoms with Gasteiger partial charge in [-0.05, 0) is 57.3 Å². The molecule has 5 nitrogen and oxygen atoms in total. The Morgan fingerprint density at radius 3 is 2.45 bits per heavy atom. The second kappa shape index (κ2) is 7.84. The van der Waals surface area contributed by atoms with Gasteiger partial charge in [-0.2, -0.15) is 0 Å². The minimum atomic E-state index is -0.617. The second-order valence-electron chi connectivity index (χ2n) is 7.83. The molecule has 0 aliphatic carbocycles. The number of terminal acetylenes is 1. The summed E-state index contributed by atoms with van der Waals surface area (Å²) in [5, 5.41) is 4.03. The molecular formula is C24H24N2O3. The molecule has 0 radical (unpaired) electrons. The Kier molecular flexibility index (Phi) is 5.47. The van der Waals surface area contributed by atoms with Crippen molar-refractivity contribution in [2.75, 3.05) is 0 Å². The molecule has 3 rings (SSSR count). The normalized spacial score (nSPS) is 12.2. The predicted molar refractivity (Wildman–Crippen MR) is 115 cm³/mol. The molecule has 1 atom stereocenters. The first-order valence-corrected chi connectivity index (χ1v) is 9.41. The van der Waals surface area contributed by atoms with E-state index in [0.717, 1.165) is 5.39 Å². The van der Waals surface area contributed by atoms with E-state index in [-0.39, 0.29) is 5.56 Å². The average Bonchev–Trinajstić information content (AvgIpc) is 2.66. The smallest absolute Gasteiger partial charge is 0.408 e. The molecule has 148 valence electrons. The first-order chi connectivity index (χ1) is 13.7. The Bertz CT molecular complexity index is 1150. The fourth-order valence-electron chi connectivity index (χ4n) is 3.22. The Morgan fingerprint density at radius 2 is 1.83 bits per heavy atom. The van der Waals surface area contributed by atoms with Gasteiger partial charge in [-0.15, -0.1) is 6.42 Å². The second-order valence-corrected chi connectivity index (χ2v) is 7.83. The number of amides is 1. The van der Waals surface area contributed by atoms with Gasteiger partial charge in [0.25, 0.3) is 5.56 Å². The lowest BCUT2D eigenvalue weighted by Gasteiger charge is -2.24. The van der Waals surface area contributed by atoms with Crippen molar-refractivity contribution in [1.29, 1.82) is 0 Å². The number of carbonyl (C=O) groups excluding carboxylic acids is 1. The van der Waals surface area contributed by atoms with Crippen LogP contribution < -0.4 is 10.9 Å². The number of alkyl carbamates (subject to hydrolysis) is 1. The van der Waals surface area contributed by atoms with Crippen LogP contribution in [0.15, 0.2) is 59.4 Å². The van der Waals surface area contributed by atoms with E-state index in [9.17, 15) is 9.59 Å². The van der Waals surface area contributed by atoms with E-state index in [1.165, 1.54) is 0 Å². The van der Waals surface area contributed by atoms with Gasteiger partial charge in [-0.3, -0.25) is 9.36 Å². The summed E-state index contributed by atoms with van der Waals surface area (Å²) in [6, 6.07) is 16.1. The Labute approximate surface area is 170 Å². The number of pyridine rings is 1. The third-order valence-electron chi connectivity index (χ3n) is 4.42. The average molecular weight is 388 g/mol. The Balaban J connectivity index is 2.19. The van der Waals surface area contributed by atoms with Crippen LogP contribution in [0.3, 0.4) is 0 Å². The maximum absolute atomic E-state index is 13.5. The van der Waals surface area contributed by atoms with Crippen LogP contribution in [0.5, 0.6) is 0 Å². The minimum absolute atomic E-state index is 0.227. The zero-order valence-corrected chi connectivity index (χ0v) is 17.0. The Hall–Kier alpha value is -3.52. The van der Waals surface area contributed by atoms with Crippen molar-refractivity contribution in [3.8, 4) is 18.0 Å². The number of hydrogen-bond acceptors (Lipinski definition) is 3. The van der Waals surface area contributed by atoms with Crippen molar-refractivity contribution in [2.24, 2.45) is 0 Å². The number of para-hydroxylation sites is 1. The number of nitrogens with zero attached hydrogens (tertiary/aromatic N) is 1. The summed E-state index contributed by atoms with van der Waals surface area (Å²) >= 11 is 0. The number of nitrogens with one attached hydrogen (secondary N) is 1. The highest BCUT2D eigenvalue weighted by Crippen LogP contribution is 2.23. The van der Waals surface area contributed by atoms with Gasteiger partial charge in [0.05, 0.1) is 11.4 Å². The van der Waals surface area contributed by atoms with Gasteiger partial charge in [-0.25, -0.2) is 4.79 Å². The molecular weight excluding hydrogens is 364 g/mol. The molecule has 1 N–H and O–H groups in total. The highest BCUT2D eigenvalue weighted by molar-refractivity contribution is 5.88. The van der Waals surface area contributed by atoms with E-state index in [2.05, 4.69) is 11.2 Å². The molecule has 0 bridgehead atoms. The van der Waals surface area contributed by atoms with Crippen LogP contribution in [0.4, 0.5) is 4.79 Å². The van der Waals surface area contributed by atoms with E-state index in [4.69, 9.17) is 11.2 Å². The van der Waals surface area contributed by atoms with Crippen molar-refractivity contribution in [3.63, 3.8) is 0 Å². The van der Waals surface area contributed by atoms with E-state index >= 15 is 0 Å². The highest BCUT2D eigenvalue weighted by atomic mass is 16.6. The van der Waals surface area contributed by atoms with Gasteiger partial charge >= 0.3 is 6.09 Å². The third kappa shape index (κ3) is 4.33. The van der Waals surface area contributed by atoms with Crippen LogP contribution in [0, 0.1) is 12.3 Å². The fourth-order valence-corrected chi connectivity index (χ4v) is 3.22. The molecule has 0 saturated heterocycles. The summed E-state index contributed by atoms with van der Waals surface area (Å²) in [7, 11) is 0. The molecule has 2 aromatic carbocycles. The summed E-state index contributed by atoms with van der Waals surface area (Å²) < 4.78 is 6.95. The zero-order valence-electron chi connectivity index (χ0n) is 17.0. The van der Waals surface area contributed by atoms with Crippen molar-refractivity contribution >= 4 is 16.9 Å². The molecule has 1 amide bonds. The van der Waals surface area contributed by atoms with E-state index < -0.39 is 17.7 Å². The molecule has 1 aromatic heterocycles. The molecule has 0 aliphatic heterocycles. The van der Waals surface area contributed by atoms with Gasteiger partial charge in [0, 0.05) is 16.9 Å². The first kappa shape index (κ1) is 20.2. The monoisotopic (exact) mass is 388 g/mol. The Morgan fingerprint density at radius 1 is 1.14 bits per heavy atom. The van der Waals surface area contributed by atoms with Crippen LogP contribution in [-0.2, 0) is 4.74 Å². The predicted octanol–water partition coefficient (Wildman–Crippen LogP) is 4.56. The van der Waals surface area contributed by atoms with Crippen LogP contribution >= 0.6 is 0 Å². The lowest BCUT2D eigenvalue weighted by molar-refractivity contribution is 0.0506. The van der Waals surface area contributed by atoms with E-state index in [1.54, 1.807) is 31.4 Å². The molecule has 1 heterocycles. The lowest BCUT2D eigenvalue weighted by Crippen LogP contribution is -2.36. The molecule has 0 fully saturated rings. The summed E-state index contributed by atoms with van der Waals surface area (Å²) in [6.45, 7) is 7.21. The summed E-state index contributed by atoms with van der Waals surface area (Å²) in [5.74, 6) is 2.59. The number of ether oxygens (including phenoxy) is 1. The third-order valence-corrected chi connectivity index (χ3v) is 4.42. The van der Waals surface area contributed by atoms with E-state index in [1.807, 2.05) is 55.5 Å². The molecule has 0 spiro atoms. The maximum Gasteiger partial charge on any atom is 0.408 e. The van der Waals surface area contributed by atoms with Gasteiger partial charge in [0.15, 0.2) is 0 Å². The van der Waals surface area contributed by atoms with Gasteiger partial charge in [0.1, 0.15) is 5.60 Å². The summed E-state index contributed by atoms with van der Waals surface area (Å²) in [5.41, 5.74) is 1.02. The maximum atomic E-state index is 13.5. The zero-order chi connectivity index (χ0) is 21.2. The van der Waals surface area contributed by atoms with Crippen LogP contribution in [0.2, 0.25) is 0 Å². The molecule has 5 heteroatoms. The number of aromatic nitrogens is 1.